The molecule has 1 saturated carbocycles. The zero-order valence-electron chi connectivity index (χ0n) is 15.3. The van der Waals surface area contributed by atoms with Crippen LogP contribution in [0.3, 0.4) is 0 Å². The average Bonchev–Trinajstić information content (AvgIpc) is 3.26. The van der Waals surface area contributed by atoms with Gasteiger partial charge in [0.1, 0.15) is 11.6 Å². The molecule has 1 aliphatic carbocycles. The fourth-order valence-corrected chi connectivity index (χ4v) is 3.84. The number of carbonyl (C=O) groups excluding carboxylic acids is 1. The van der Waals surface area contributed by atoms with E-state index in [1.165, 1.54) is 11.8 Å². The number of amides is 1. The number of furan rings is 1. The zero-order valence-corrected chi connectivity index (χ0v) is 16.9. The number of benzene rings is 1. The normalized spacial score (nSPS) is 13.6. The number of hydrogen-bond acceptors (Lipinski definition) is 5. The summed E-state index contributed by atoms with van der Waals surface area (Å²) in [5.41, 5.74) is 1.14. The van der Waals surface area contributed by atoms with Crippen LogP contribution in [-0.2, 0) is 17.8 Å². The highest BCUT2D eigenvalue weighted by Gasteiger charge is 2.30. The quantitative estimate of drug-likeness (QED) is 0.535. The molecule has 6 nitrogen and oxygen atoms in total. The van der Waals surface area contributed by atoms with Crippen molar-refractivity contribution in [1.29, 1.82) is 0 Å². The highest BCUT2D eigenvalue weighted by atomic mass is 35.5. The molecule has 2 aromatic heterocycles. The van der Waals surface area contributed by atoms with Gasteiger partial charge >= 0.3 is 0 Å². The van der Waals surface area contributed by atoms with Crippen molar-refractivity contribution in [2.45, 2.75) is 36.9 Å². The standard InChI is InChI=1S/C20H21ClN4O2S/c21-16-7-3-14(4-8-16)9-10-22-18(26)13-28-20-24-23-19(15-5-6-15)25(20)12-17-2-1-11-27-17/h1-4,7-8,11,15H,5-6,9-10,12-13H2,(H,22,26). The van der Waals surface area contributed by atoms with E-state index in [-0.39, 0.29) is 5.91 Å². The van der Waals surface area contributed by atoms with Gasteiger partial charge in [-0.2, -0.15) is 0 Å². The molecule has 0 atom stereocenters. The third kappa shape index (κ3) is 4.97. The van der Waals surface area contributed by atoms with E-state index in [0.29, 0.717) is 29.8 Å². The second-order valence-electron chi connectivity index (χ2n) is 6.80. The molecule has 0 spiro atoms. The number of halogens is 1. The summed E-state index contributed by atoms with van der Waals surface area (Å²) in [7, 11) is 0. The van der Waals surface area contributed by atoms with Crippen LogP contribution in [0.5, 0.6) is 0 Å². The second kappa shape index (κ2) is 8.84. The summed E-state index contributed by atoms with van der Waals surface area (Å²) in [6.07, 6.45) is 4.73. The molecule has 0 bridgehead atoms. The molecule has 4 rings (SSSR count). The maximum absolute atomic E-state index is 12.2. The van der Waals surface area contributed by atoms with Gasteiger partial charge in [0.2, 0.25) is 5.91 Å². The summed E-state index contributed by atoms with van der Waals surface area (Å²) in [5.74, 6) is 2.61. The van der Waals surface area contributed by atoms with Gasteiger partial charge in [0.15, 0.2) is 5.16 Å². The Balaban J connectivity index is 1.30. The monoisotopic (exact) mass is 416 g/mol. The van der Waals surface area contributed by atoms with E-state index in [2.05, 4.69) is 20.1 Å². The van der Waals surface area contributed by atoms with Gasteiger partial charge in [-0.1, -0.05) is 35.5 Å². The maximum Gasteiger partial charge on any atom is 0.230 e. The molecule has 0 aliphatic heterocycles. The van der Waals surface area contributed by atoms with E-state index in [9.17, 15) is 4.79 Å². The Kier molecular flexibility index (Phi) is 6.02. The van der Waals surface area contributed by atoms with Crippen molar-refractivity contribution in [3.63, 3.8) is 0 Å². The first-order chi connectivity index (χ1) is 13.7. The smallest absolute Gasteiger partial charge is 0.230 e. The van der Waals surface area contributed by atoms with Gasteiger partial charge < -0.3 is 9.73 Å². The minimum atomic E-state index is -0.0144. The van der Waals surface area contributed by atoms with Crippen molar-refractivity contribution in [1.82, 2.24) is 20.1 Å². The molecule has 0 radical (unpaired) electrons. The summed E-state index contributed by atoms with van der Waals surface area (Å²) in [6, 6.07) is 11.5. The molecule has 1 aromatic carbocycles. The number of carbonyl (C=O) groups is 1. The van der Waals surface area contributed by atoms with Crippen LogP contribution in [0.1, 0.15) is 35.9 Å². The van der Waals surface area contributed by atoms with E-state index >= 15 is 0 Å². The molecule has 0 saturated heterocycles. The van der Waals surface area contributed by atoms with Crippen LogP contribution in [0.15, 0.2) is 52.2 Å². The minimum absolute atomic E-state index is 0.0144. The molecule has 2 heterocycles. The van der Waals surface area contributed by atoms with Crippen molar-refractivity contribution in [2.24, 2.45) is 0 Å². The highest BCUT2D eigenvalue weighted by molar-refractivity contribution is 7.99. The summed E-state index contributed by atoms with van der Waals surface area (Å²) in [4.78, 5) is 12.2. The predicted molar refractivity (Wildman–Crippen MR) is 109 cm³/mol. The Hall–Kier alpha value is -2.25. The lowest BCUT2D eigenvalue weighted by molar-refractivity contribution is -0.118. The number of aromatic nitrogens is 3. The first kappa shape index (κ1) is 19.1. The van der Waals surface area contributed by atoms with Crippen LogP contribution < -0.4 is 5.32 Å². The number of nitrogens with zero attached hydrogens (tertiary/aromatic N) is 3. The minimum Gasteiger partial charge on any atom is -0.467 e. The van der Waals surface area contributed by atoms with E-state index in [1.807, 2.05) is 36.4 Å². The third-order valence-corrected chi connectivity index (χ3v) is 5.78. The second-order valence-corrected chi connectivity index (χ2v) is 8.17. The Morgan fingerprint density at radius 2 is 2.07 bits per heavy atom. The van der Waals surface area contributed by atoms with Crippen LogP contribution >= 0.6 is 23.4 Å². The lowest BCUT2D eigenvalue weighted by Gasteiger charge is -2.08. The van der Waals surface area contributed by atoms with Gasteiger partial charge in [-0.15, -0.1) is 10.2 Å². The molecular formula is C20H21ClN4O2S. The molecule has 0 unspecified atom stereocenters. The van der Waals surface area contributed by atoms with Gasteiger partial charge in [-0.25, -0.2) is 0 Å². The number of nitrogens with one attached hydrogen (secondary N) is 1. The summed E-state index contributed by atoms with van der Waals surface area (Å²) >= 11 is 7.30. The van der Waals surface area contributed by atoms with Gasteiger partial charge in [0.05, 0.1) is 18.6 Å². The summed E-state index contributed by atoms with van der Waals surface area (Å²) in [5, 5.41) is 13.1. The Bertz CT molecular complexity index is 920. The first-order valence-corrected chi connectivity index (χ1v) is 10.6. The number of hydrogen-bond donors (Lipinski definition) is 1. The van der Waals surface area contributed by atoms with Crippen molar-refractivity contribution in [2.75, 3.05) is 12.3 Å². The Morgan fingerprint density at radius 1 is 1.25 bits per heavy atom. The van der Waals surface area contributed by atoms with Crippen molar-refractivity contribution < 1.29 is 9.21 Å². The van der Waals surface area contributed by atoms with Gasteiger partial charge in [0.25, 0.3) is 0 Å². The Morgan fingerprint density at radius 3 is 2.79 bits per heavy atom. The molecule has 1 fully saturated rings. The summed E-state index contributed by atoms with van der Waals surface area (Å²) in [6.45, 7) is 1.18. The van der Waals surface area contributed by atoms with Crippen molar-refractivity contribution in [3.05, 3.63) is 64.8 Å². The van der Waals surface area contributed by atoms with E-state index in [1.54, 1.807) is 6.26 Å². The molecule has 1 N–H and O–H groups in total. The van der Waals surface area contributed by atoms with Crippen molar-refractivity contribution >= 4 is 29.3 Å². The number of thioether (sulfide) groups is 1. The van der Waals surface area contributed by atoms with E-state index < -0.39 is 0 Å². The topological polar surface area (TPSA) is 73.0 Å². The zero-order chi connectivity index (χ0) is 19.3. The maximum atomic E-state index is 12.2. The SMILES string of the molecule is O=C(CSc1nnc(C2CC2)n1Cc1ccco1)NCCc1ccc(Cl)cc1. The van der Waals surface area contributed by atoms with Crippen LogP contribution in [-0.4, -0.2) is 33.0 Å². The molecule has 146 valence electrons. The van der Waals surface area contributed by atoms with Gasteiger partial charge in [0, 0.05) is 17.5 Å². The van der Waals surface area contributed by atoms with Gasteiger partial charge in [-0.3, -0.25) is 9.36 Å². The molecule has 28 heavy (non-hydrogen) atoms. The van der Waals surface area contributed by atoms with Crippen LogP contribution in [0.2, 0.25) is 5.02 Å². The van der Waals surface area contributed by atoms with Crippen molar-refractivity contribution in [3.8, 4) is 0 Å². The third-order valence-electron chi connectivity index (χ3n) is 4.56. The van der Waals surface area contributed by atoms with Crippen LogP contribution in [0.4, 0.5) is 0 Å². The average molecular weight is 417 g/mol. The first-order valence-electron chi connectivity index (χ1n) is 9.28. The highest BCUT2D eigenvalue weighted by Crippen LogP contribution is 2.40. The van der Waals surface area contributed by atoms with E-state index in [4.69, 9.17) is 16.0 Å². The summed E-state index contributed by atoms with van der Waals surface area (Å²) < 4.78 is 7.54. The number of rotatable bonds is 9. The molecule has 1 aliphatic rings. The predicted octanol–water partition coefficient (Wildman–Crippen LogP) is 3.90. The molecular weight excluding hydrogens is 396 g/mol. The van der Waals surface area contributed by atoms with Gasteiger partial charge in [-0.05, 0) is 49.1 Å². The fourth-order valence-electron chi connectivity index (χ4n) is 2.94. The van der Waals surface area contributed by atoms with Crippen LogP contribution in [0, 0.1) is 0 Å². The lowest BCUT2D eigenvalue weighted by atomic mass is 10.1. The molecule has 1 amide bonds. The Labute approximate surface area is 172 Å². The lowest BCUT2D eigenvalue weighted by Crippen LogP contribution is -2.27. The molecule has 8 heteroatoms. The van der Waals surface area contributed by atoms with Crippen LogP contribution in [0.25, 0.3) is 0 Å². The molecule has 3 aromatic rings. The fraction of sp³-hybridized carbons (Fsp3) is 0.350. The van der Waals surface area contributed by atoms with E-state index in [0.717, 1.165) is 41.6 Å². The largest absolute Gasteiger partial charge is 0.467 e.